The zero-order valence-electron chi connectivity index (χ0n) is 14.6. The molecule has 0 spiro atoms. The van der Waals surface area contributed by atoms with Gasteiger partial charge in [0.25, 0.3) is 11.6 Å². The third kappa shape index (κ3) is 6.28. The van der Waals surface area contributed by atoms with Gasteiger partial charge in [-0.3, -0.25) is 14.9 Å². The van der Waals surface area contributed by atoms with E-state index in [-0.39, 0.29) is 24.1 Å². The highest BCUT2D eigenvalue weighted by molar-refractivity contribution is 6.31. The molecule has 1 aromatic heterocycles. The second-order valence-electron chi connectivity index (χ2n) is 5.74. The number of halogens is 5. The maximum absolute atomic E-state index is 13.6. The van der Waals surface area contributed by atoms with Crippen molar-refractivity contribution in [2.75, 3.05) is 13.2 Å². The first-order chi connectivity index (χ1) is 13.6. The normalized spacial score (nSPS) is 11.2. The number of nitrogens with one attached hydrogen (secondary N) is 1. The van der Waals surface area contributed by atoms with Gasteiger partial charge in [0.15, 0.2) is 0 Å². The number of carbonyl (C=O) groups excluding carboxylic acids is 1. The van der Waals surface area contributed by atoms with E-state index in [1.807, 2.05) is 0 Å². The van der Waals surface area contributed by atoms with Gasteiger partial charge >= 0.3 is 6.18 Å². The van der Waals surface area contributed by atoms with Gasteiger partial charge in [-0.05, 0) is 25.0 Å². The fraction of sp³-hybridized carbons (Fsp3) is 0.294. The first-order valence-corrected chi connectivity index (χ1v) is 8.55. The van der Waals surface area contributed by atoms with E-state index in [9.17, 15) is 32.5 Å². The number of hydrogen-bond donors (Lipinski definition) is 1. The third-order valence-electron chi connectivity index (χ3n) is 3.64. The fourth-order valence-electron chi connectivity index (χ4n) is 2.18. The number of aromatic nitrogens is 1. The van der Waals surface area contributed by atoms with Crippen molar-refractivity contribution in [3.05, 3.63) is 62.5 Å². The number of pyridine rings is 1. The summed E-state index contributed by atoms with van der Waals surface area (Å²) in [7, 11) is 0. The van der Waals surface area contributed by atoms with Crippen molar-refractivity contribution in [3.8, 4) is 5.88 Å². The number of nitrogens with zero attached hydrogens (tertiary/aromatic N) is 2. The molecule has 0 radical (unpaired) electrons. The molecule has 0 atom stereocenters. The topological polar surface area (TPSA) is 94.4 Å². The molecule has 0 aliphatic carbocycles. The second-order valence-corrected chi connectivity index (χ2v) is 6.15. The maximum atomic E-state index is 13.6. The quantitative estimate of drug-likeness (QED) is 0.287. The minimum atomic E-state index is -4.56. The van der Waals surface area contributed by atoms with Crippen molar-refractivity contribution in [3.63, 3.8) is 0 Å². The standard InChI is InChI=1S/C17H14ClF4N3O4/c18-13-7-10(17(20,21)22)9-24-16(13)29-6-2-1-5-23-15(26)12-8-11(25(27)28)3-4-14(12)19/h3-4,7-9H,1-2,5-6H2,(H,23,26). The van der Waals surface area contributed by atoms with Crippen LogP contribution in [0.3, 0.4) is 0 Å². The number of amides is 1. The molecule has 2 rings (SSSR count). The largest absolute Gasteiger partial charge is 0.477 e. The highest BCUT2D eigenvalue weighted by atomic mass is 35.5. The van der Waals surface area contributed by atoms with Gasteiger partial charge in [-0.2, -0.15) is 13.2 Å². The lowest BCUT2D eigenvalue weighted by Gasteiger charge is -2.10. The lowest BCUT2D eigenvalue weighted by Crippen LogP contribution is -2.25. The molecule has 156 valence electrons. The Morgan fingerprint density at radius 1 is 1.28 bits per heavy atom. The van der Waals surface area contributed by atoms with Crippen LogP contribution in [0.4, 0.5) is 23.2 Å². The summed E-state index contributed by atoms with van der Waals surface area (Å²) in [6.07, 6.45) is -3.18. The smallest absolute Gasteiger partial charge is 0.417 e. The van der Waals surface area contributed by atoms with Gasteiger partial charge in [0.1, 0.15) is 10.8 Å². The number of nitro groups is 1. The summed E-state index contributed by atoms with van der Waals surface area (Å²) in [6, 6.07) is 3.33. The predicted octanol–water partition coefficient (Wildman–Crippen LogP) is 4.39. The van der Waals surface area contributed by atoms with Crippen LogP contribution in [0.15, 0.2) is 30.5 Å². The molecule has 2 aromatic rings. The molecule has 0 saturated heterocycles. The van der Waals surface area contributed by atoms with Crippen LogP contribution in [0.2, 0.25) is 5.02 Å². The average Bonchev–Trinajstić information content (AvgIpc) is 2.64. The number of benzene rings is 1. The molecule has 12 heteroatoms. The number of rotatable bonds is 8. The van der Waals surface area contributed by atoms with Crippen LogP contribution in [-0.2, 0) is 6.18 Å². The number of ether oxygens (including phenoxy) is 1. The second kappa shape index (κ2) is 9.50. The molecule has 0 fully saturated rings. The van der Waals surface area contributed by atoms with Crippen LogP contribution < -0.4 is 10.1 Å². The Morgan fingerprint density at radius 3 is 2.62 bits per heavy atom. The van der Waals surface area contributed by atoms with Gasteiger partial charge < -0.3 is 10.1 Å². The Labute approximate surface area is 166 Å². The summed E-state index contributed by atoms with van der Waals surface area (Å²) in [4.78, 5) is 25.4. The highest BCUT2D eigenvalue weighted by Crippen LogP contribution is 2.33. The Kier molecular flexibility index (Phi) is 7.32. The molecule has 29 heavy (non-hydrogen) atoms. The minimum absolute atomic E-state index is 0.0686. The van der Waals surface area contributed by atoms with Gasteiger partial charge in [0, 0.05) is 24.9 Å². The Morgan fingerprint density at radius 2 is 2.00 bits per heavy atom. The predicted molar refractivity (Wildman–Crippen MR) is 94.4 cm³/mol. The van der Waals surface area contributed by atoms with Gasteiger partial charge in [0.05, 0.1) is 22.7 Å². The molecule has 0 unspecified atom stereocenters. The van der Waals surface area contributed by atoms with Gasteiger partial charge in [0.2, 0.25) is 5.88 Å². The number of carbonyl (C=O) groups is 1. The van der Waals surface area contributed by atoms with Crippen molar-refractivity contribution in [2.24, 2.45) is 0 Å². The van der Waals surface area contributed by atoms with E-state index in [2.05, 4.69) is 10.3 Å². The van der Waals surface area contributed by atoms with E-state index in [0.717, 1.165) is 18.2 Å². The molecule has 0 aliphatic rings. The summed E-state index contributed by atoms with van der Waals surface area (Å²) >= 11 is 5.71. The van der Waals surface area contributed by atoms with E-state index in [1.54, 1.807) is 0 Å². The number of nitro benzene ring substituents is 1. The summed E-state index contributed by atoms with van der Waals surface area (Å²) in [5.74, 6) is -1.85. The van der Waals surface area contributed by atoms with E-state index in [4.69, 9.17) is 16.3 Å². The van der Waals surface area contributed by atoms with Gasteiger partial charge in [-0.15, -0.1) is 0 Å². The molecule has 1 aromatic carbocycles. The van der Waals surface area contributed by atoms with E-state index < -0.39 is 39.6 Å². The monoisotopic (exact) mass is 435 g/mol. The van der Waals surface area contributed by atoms with Crippen molar-refractivity contribution in [1.29, 1.82) is 0 Å². The summed E-state index contributed by atoms with van der Waals surface area (Å²) < 4.78 is 56.5. The number of hydrogen-bond acceptors (Lipinski definition) is 5. The van der Waals surface area contributed by atoms with Crippen LogP contribution >= 0.6 is 11.6 Å². The molecule has 1 N–H and O–H groups in total. The maximum Gasteiger partial charge on any atom is 0.417 e. The van der Waals surface area contributed by atoms with Crippen LogP contribution in [-0.4, -0.2) is 29.0 Å². The zero-order valence-corrected chi connectivity index (χ0v) is 15.4. The Balaban J connectivity index is 1.77. The lowest BCUT2D eigenvalue weighted by atomic mass is 10.1. The summed E-state index contributed by atoms with van der Waals surface area (Å²) in [5, 5.41) is 12.8. The van der Waals surface area contributed by atoms with Crippen LogP contribution in [0, 0.1) is 15.9 Å². The molecule has 0 bridgehead atoms. The number of alkyl halides is 3. The van der Waals surface area contributed by atoms with E-state index >= 15 is 0 Å². The Hall–Kier alpha value is -2.95. The van der Waals surface area contributed by atoms with E-state index in [1.165, 1.54) is 0 Å². The molecule has 7 nitrogen and oxygen atoms in total. The van der Waals surface area contributed by atoms with Crippen molar-refractivity contribution in [1.82, 2.24) is 10.3 Å². The van der Waals surface area contributed by atoms with Crippen molar-refractivity contribution in [2.45, 2.75) is 19.0 Å². The summed E-state index contributed by atoms with van der Waals surface area (Å²) in [6.45, 7) is 0.192. The van der Waals surface area contributed by atoms with Gasteiger partial charge in [-0.1, -0.05) is 11.6 Å². The zero-order chi connectivity index (χ0) is 21.6. The van der Waals surface area contributed by atoms with Crippen molar-refractivity contribution >= 4 is 23.2 Å². The summed E-state index contributed by atoms with van der Waals surface area (Å²) in [5.41, 5.74) is -1.85. The van der Waals surface area contributed by atoms with Crippen molar-refractivity contribution < 1.29 is 32.0 Å². The third-order valence-corrected chi connectivity index (χ3v) is 3.91. The van der Waals surface area contributed by atoms with Gasteiger partial charge in [-0.25, -0.2) is 9.37 Å². The molecule has 0 saturated carbocycles. The van der Waals surface area contributed by atoms with E-state index in [0.29, 0.717) is 25.1 Å². The molecule has 1 amide bonds. The fourth-order valence-corrected chi connectivity index (χ4v) is 2.40. The first kappa shape index (κ1) is 22.3. The first-order valence-electron chi connectivity index (χ1n) is 8.17. The molecular weight excluding hydrogens is 422 g/mol. The number of non-ortho nitro benzene ring substituents is 1. The average molecular weight is 436 g/mol. The SMILES string of the molecule is O=C(NCCCCOc1ncc(C(F)(F)F)cc1Cl)c1cc([N+](=O)[O-])ccc1F. The molecule has 0 aliphatic heterocycles. The Bertz CT molecular complexity index is 909. The lowest BCUT2D eigenvalue weighted by molar-refractivity contribution is -0.384. The molecular formula is C17H14ClF4N3O4. The van der Waals surface area contributed by atoms with Crippen LogP contribution in [0.1, 0.15) is 28.8 Å². The van der Waals surface area contributed by atoms with Crippen LogP contribution in [0.5, 0.6) is 5.88 Å². The minimum Gasteiger partial charge on any atom is -0.477 e. The number of unbranched alkanes of at least 4 members (excludes halogenated alkanes) is 1. The van der Waals surface area contributed by atoms with Crippen LogP contribution in [0.25, 0.3) is 0 Å². The molecule has 1 heterocycles. The highest BCUT2D eigenvalue weighted by Gasteiger charge is 2.31.